The predicted molar refractivity (Wildman–Crippen MR) is 61.9 cm³/mol. The summed E-state index contributed by atoms with van der Waals surface area (Å²) in [5, 5.41) is 8.82. The van der Waals surface area contributed by atoms with Crippen molar-refractivity contribution in [1.29, 1.82) is 0 Å². The smallest absolute Gasteiger partial charge is 0.337 e. The van der Waals surface area contributed by atoms with Crippen LogP contribution in [0.4, 0.5) is 5.95 Å². The Labute approximate surface area is 105 Å². The average Bonchev–Trinajstić information content (AvgIpc) is 2.88. The Morgan fingerprint density at radius 3 is 3.18 bits per heavy atom. The van der Waals surface area contributed by atoms with E-state index < -0.39 is 0 Å². The number of ether oxygens (including phenoxy) is 1. The van der Waals surface area contributed by atoms with Crippen molar-refractivity contribution in [2.75, 3.05) is 11.9 Å². The number of nitrogens with zero attached hydrogens (tertiary/aromatic N) is 2. The van der Waals surface area contributed by atoms with Gasteiger partial charge in [0.1, 0.15) is 0 Å². The molecule has 0 aromatic carbocycles. The van der Waals surface area contributed by atoms with Crippen LogP contribution < -0.4 is 10.1 Å². The van der Waals surface area contributed by atoms with Crippen LogP contribution in [0.1, 0.15) is 17.3 Å². The summed E-state index contributed by atoms with van der Waals surface area (Å²) >= 11 is 3.11. The molecule has 2 heterocycles. The van der Waals surface area contributed by atoms with Gasteiger partial charge in [0.25, 0.3) is 5.91 Å². The second-order valence-electron chi connectivity index (χ2n) is 2.96. The van der Waals surface area contributed by atoms with E-state index >= 15 is 0 Å². The molecule has 7 nitrogen and oxygen atoms in total. The summed E-state index contributed by atoms with van der Waals surface area (Å²) in [4.78, 5) is 15.6. The quantitative estimate of drug-likeness (QED) is 0.898. The highest BCUT2D eigenvalue weighted by Gasteiger charge is 2.14. The Morgan fingerprint density at radius 2 is 2.53 bits per heavy atom. The van der Waals surface area contributed by atoms with Gasteiger partial charge in [-0.15, -0.1) is 5.10 Å². The third-order valence-corrected chi connectivity index (χ3v) is 2.45. The van der Waals surface area contributed by atoms with Crippen LogP contribution in [0.25, 0.3) is 0 Å². The van der Waals surface area contributed by atoms with Crippen LogP contribution in [-0.2, 0) is 0 Å². The topological polar surface area (TPSA) is 93.0 Å². The van der Waals surface area contributed by atoms with Crippen LogP contribution in [0, 0.1) is 0 Å². The van der Waals surface area contributed by atoms with Crippen molar-refractivity contribution < 1.29 is 13.9 Å². The van der Waals surface area contributed by atoms with Gasteiger partial charge in [-0.3, -0.25) is 10.1 Å². The molecular weight excluding hydrogens is 292 g/mol. The number of anilines is 1. The molecule has 0 aliphatic heterocycles. The summed E-state index contributed by atoms with van der Waals surface area (Å²) in [7, 11) is 0. The van der Waals surface area contributed by atoms with Crippen molar-refractivity contribution in [2.45, 2.75) is 6.92 Å². The second kappa shape index (κ2) is 5.00. The van der Waals surface area contributed by atoms with Crippen LogP contribution in [0.2, 0.25) is 0 Å². The van der Waals surface area contributed by atoms with Gasteiger partial charge in [-0.2, -0.15) is 4.98 Å². The maximum absolute atomic E-state index is 11.7. The third-order valence-electron chi connectivity index (χ3n) is 1.83. The lowest BCUT2D eigenvalue weighted by atomic mass is 10.3. The SMILES string of the molecule is CCOc1n[nH]c(NC(=O)c2ccoc2Br)n1. The van der Waals surface area contributed by atoms with Crippen molar-refractivity contribution in [3.05, 3.63) is 22.6 Å². The molecule has 2 rings (SSSR count). The minimum atomic E-state index is -0.357. The average molecular weight is 301 g/mol. The van der Waals surface area contributed by atoms with Crippen molar-refractivity contribution in [3.8, 4) is 6.01 Å². The van der Waals surface area contributed by atoms with E-state index in [0.29, 0.717) is 16.8 Å². The number of halogens is 1. The van der Waals surface area contributed by atoms with Gasteiger partial charge in [0.05, 0.1) is 18.4 Å². The number of H-pyrrole nitrogens is 1. The highest BCUT2D eigenvalue weighted by molar-refractivity contribution is 9.10. The lowest BCUT2D eigenvalue weighted by molar-refractivity contribution is 0.102. The fraction of sp³-hybridized carbons (Fsp3) is 0.222. The van der Waals surface area contributed by atoms with E-state index in [9.17, 15) is 4.79 Å². The molecule has 0 radical (unpaired) electrons. The van der Waals surface area contributed by atoms with Crippen LogP contribution in [0.3, 0.4) is 0 Å². The Morgan fingerprint density at radius 1 is 1.71 bits per heavy atom. The summed E-state index contributed by atoms with van der Waals surface area (Å²) in [5.41, 5.74) is 0.374. The summed E-state index contributed by atoms with van der Waals surface area (Å²) in [6.07, 6.45) is 1.41. The molecule has 0 spiro atoms. The van der Waals surface area contributed by atoms with Gasteiger partial charge >= 0.3 is 6.01 Å². The zero-order valence-corrected chi connectivity index (χ0v) is 10.4. The zero-order valence-electron chi connectivity index (χ0n) is 8.86. The van der Waals surface area contributed by atoms with Crippen LogP contribution >= 0.6 is 15.9 Å². The van der Waals surface area contributed by atoms with Crippen LogP contribution in [-0.4, -0.2) is 27.7 Å². The number of hydrogen-bond donors (Lipinski definition) is 2. The van der Waals surface area contributed by atoms with E-state index in [1.807, 2.05) is 6.92 Å². The first kappa shape index (κ1) is 11.6. The maximum Gasteiger partial charge on any atom is 0.337 e. The molecule has 17 heavy (non-hydrogen) atoms. The Bertz CT molecular complexity index is 522. The van der Waals surface area contributed by atoms with Gasteiger partial charge < -0.3 is 9.15 Å². The largest absolute Gasteiger partial charge is 0.463 e. The number of amides is 1. The number of aromatic nitrogens is 3. The van der Waals surface area contributed by atoms with Gasteiger partial charge in [0.15, 0.2) is 4.67 Å². The fourth-order valence-electron chi connectivity index (χ4n) is 1.13. The Hall–Kier alpha value is -1.83. The van der Waals surface area contributed by atoms with Gasteiger partial charge in [0, 0.05) is 0 Å². The number of nitrogens with one attached hydrogen (secondary N) is 2. The second-order valence-corrected chi connectivity index (χ2v) is 3.68. The molecule has 0 saturated heterocycles. The lowest BCUT2D eigenvalue weighted by Gasteiger charge is -1.98. The molecule has 0 unspecified atom stereocenters. The molecule has 90 valence electrons. The molecular formula is C9H9BrN4O3. The molecule has 2 aromatic rings. The van der Waals surface area contributed by atoms with Crippen LogP contribution in [0.5, 0.6) is 6.01 Å². The summed E-state index contributed by atoms with van der Waals surface area (Å²) in [6, 6.07) is 1.73. The number of rotatable bonds is 4. The standard InChI is InChI=1S/C9H9BrN4O3/c1-2-16-9-12-8(13-14-9)11-7(15)5-3-4-17-6(5)10/h3-4H,2H2,1H3,(H2,11,12,13,14,15). The first-order valence-corrected chi connectivity index (χ1v) is 5.59. The van der Waals surface area contributed by atoms with Crippen molar-refractivity contribution in [2.24, 2.45) is 0 Å². The first-order chi connectivity index (χ1) is 8.20. The Kier molecular flexibility index (Phi) is 3.43. The molecule has 0 saturated carbocycles. The molecule has 2 N–H and O–H groups in total. The molecule has 2 aromatic heterocycles. The minimum absolute atomic E-state index is 0.189. The molecule has 1 amide bonds. The minimum Gasteiger partial charge on any atom is -0.463 e. The molecule has 0 aliphatic carbocycles. The lowest BCUT2D eigenvalue weighted by Crippen LogP contribution is -2.12. The van der Waals surface area contributed by atoms with Gasteiger partial charge in [-0.25, -0.2) is 5.10 Å². The predicted octanol–water partition coefficient (Wildman–Crippen LogP) is 1.81. The van der Waals surface area contributed by atoms with E-state index in [-0.39, 0.29) is 17.9 Å². The molecule has 0 fully saturated rings. The summed E-state index contributed by atoms with van der Waals surface area (Å²) < 4.78 is 10.4. The van der Waals surface area contributed by atoms with E-state index in [1.54, 1.807) is 6.07 Å². The molecule has 8 heteroatoms. The normalized spacial score (nSPS) is 10.2. The van der Waals surface area contributed by atoms with E-state index in [0.717, 1.165) is 0 Å². The van der Waals surface area contributed by atoms with E-state index in [4.69, 9.17) is 9.15 Å². The summed E-state index contributed by atoms with van der Waals surface area (Å²) in [5.74, 6) is -0.142. The van der Waals surface area contributed by atoms with Gasteiger partial charge in [-0.05, 0) is 28.9 Å². The van der Waals surface area contributed by atoms with Crippen LogP contribution in [0.15, 0.2) is 21.4 Å². The highest BCUT2D eigenvalue weighted by atomic mass is 79.9. The maximum atomic E-state index is 11.7. The highest BCUT2D eigenvalue weighted by Crippen LogP contribution is 2.18. The zero-order chi connectivity index (χ0) is 12.3. The van der Waals surface area contributed by atoms with E-state index in [1.165, 1.54) is 6.26 Å². The Balaban J connectivity index is 2.05. The molecule has 0 aliphatic rings. The van der Waals surface area contributed by atoms with Gasteiger partial charge in [-0.1, -0.05) is 0 Å². The van der Waals surface area contributed by atoms with Crippen molar-refractivity contribution in [1.82, 2.24) is 15.2 Å². The number of hydrogen-bond acceptors (Lipinski definition) is 5. The van der Waals surface area contributed by atoms with Crippen molar-refractivity contribution in [3.63, 3.8) is 0 Å². The number of carbonyl (C=O) groups excluding carboxylic acids is 1. The number of aromatic amines is 1. The fourth-order valence-corrected chi connectivity index (χ4v) is 1.55. The molecule has 0 atom stereocenters. The van der Waals surface area contributed by atoms with Crippen molar-refractivity contribution >= 4 is 27.8 Å². The third kappa shape index (κ3) is 2.64. The van der Waals surface area contributed by atoms with E-state index in [2.05, 4.69) is 36.4 Å². The monoisotopic (exact) mass is 300 g/mol. The van der Waals surface area contributed by atoms with Gasteiger partial charge in [0.2, 0.25) is 5.95 Å². The number of furan rings is 1. The summed E-state index contributed by atoms with van der Waals surface area (Å²) in [6.45, 7) is 2.27. The number of carbonyl (C=O) groups is 1. The first-order valence-electron chi connectivity index (χ1n) is 4.80. The molecule has 0 bridgehead atoms.